The first-order valence-corrected chi connectivity index (χ1v) is 15.6. The highest BCUT2D eigenvalue weighted by Crippen LogP contribution is 2.35. The van der Waals surface area contributed by atoms with E-state index in [4.69, 9.17) is 19.7 Å². The van der Waals surface area contributed by atoms with E-state index in [1.807, 2.05) is 60.0 Å². The van der Waals surface area contributed by atoms with Crippen LogP contribution in [0.5, 0.6) is 5.75 Å². The van der Waals surface area contributed by atoms with E-state index in [1.165, 1.54) is 18.2 Å². The third-order valence-corrected chi connectivity index (χ3v) is 7.91. The van der Waals surface area contributed by atoms with E-state index >= 15 is 0 Å². The Morgan fingerprint density at radius 1 is 0.936 bits per heavy atom. The third-order valence-electron chi connectivity index (χ3n) is 7.91. The van der Waals surface area contributed by atoms with Crippen molar-refractivity contribution in [2.24, 2.45) is 0 Å². The third kappa shape index (κ3) is 7.68. The van der Waals surface area contributed by atoms with E-state index < -0.39 is 23.8 Å². The lowest BCUT2D eigenvalue weighted by molar-refractivity contribution is -0.137. The summed E-state index contributed by atoms with van der Waals surface area (Å²) in [4.78, 5) is 52.8. The van der Waals surface area contributed by atoms with Gasteiger partial charge >= 0.3 is 11.7 Å². The molecule has 246 valence electrons. The van der Waals surface area contributed by atoms with Crippen molar-refractivity contribution in [2.45, 2.75) is 32.7 Å². The molecule has 12 nitrogen and oxygen atoms in total. The van der Waals surface area contributed by atoms with Gasteiger partial charge in [0.1, 0.15) is 12.3 Å². The number of pyridine rings is 1. The zero-order valence-corrected chi connectivity index (χ0v) is 26.2. The number of benzene rings is 2. The minimum atomic E-state index is -1.31. The largest absolute Gasteiger partial charge is 0.494 e. The quantitative estimate of drug-likeness (QED) is 0.0879. The summed E-state index contributed by atoms with van der Waals surface area (Å²) in [5.41, 5.74) is 2.72. The second-order valence-corrected chi connectivity index (χ2v) is 11.1. The van der Waals surface area contributed by atoms with Gasteiger partial charge in [0, 0.05) is 23.9 Å². The summed E-state index contributed by atoms with van der Waals surface area (Å²) >= 11 is 0. The number of carboxylic acid groups (broad SMARTS) is 1. The summed E-state index contributed by atoms with van der Waals surface area (Å²) in [6.07, 6.45) is 4.82. The number of unbranched alkanes of at least 4 members (excludes halogenated alkanes) is 2. The zero-order valence-electron chi connectivity index (χ0n) is 26.2. The van der Waals surface area contributed by atoms with E-state index in [0.29, 0.717) is 30.1 Å². The Hall–Kier alpha value is -5.04. The van der Waals surface area contributed by atoms with Crippen molar-refractivity contribution in [2.75, 3.05) is 39.5 Å². The number of H-pyrrole nitrogens is 1. The van der Waals surface area contributed by atoms with Crippen LogP contribution >= 0.6 is 0 Å². The highest BCUT2D eigenvalue weighted by molar-refractivity contribution is 6.12. The molecule has 5 aromatic rings. The molecule has 0 spiro atoms. The smallest absolute Gasteiger partial charge is 0.329 e. The van der Waals surface area contributed by atoms with Gasteiger partial charge in [0.05, 0.1) is 48.5 Å². The number of carboxylic acids is 1. The second kappa shape index (κ2) is 15.5. The average Bonchev–Trinajstić information content (AvgIpc) is 3.36. The van der Waals surface area contributed by atoms with Crippen LogP contribution in [-0.4, -0.2) is 75.4 Å². The maximum atomic E-state index is 14.0. The van der Waals surface area contributed by atoms with Crippen molar-refractivity contribution in [1.29, 1.82) is 0 Å². The maximum absolute atomic E-state index is 14.0. The summed E-state index contributed by atoms with van der Waals surface area (Å²) in [5, 5.41) is 21.2. The predicted octanol–water partition coefficient (Wildman–Crippen LogP) is 3.38. The molecule has 0 fully saturated rings. The molecule has 0 saturated heterocycles. The number of aliphatic carboxylic acids is 1. The molecule has 2 aromatic carbocycles. The van der Waals surface area contributed by atoms with Crippen molar-refractivity contribution in [3.63, 3.8) is 0 Å². The van der Waals surface area contributed by atoms with Crippen molar-refractivity contribution in [3.05, 3.63) is 105 Å². The molecule has 4 N–H and O–H groups in total. The van der Waals surface area contributed by atoms with Crippen LogP contribution in [0.15, 0.2) is 76.4 Å². The fourth-order valence-corrected chi connectivity index (χ4v) is 5.66. The van der Waals surface area contributed by atoms with E-state index in [9.17, 15) is 19.2 Å². The summed E-state index contributed by atoms with van der Waals surface area (Å²) in [5.74, 6) is -0.846. The Morgan fingerprint density at radius 3 is 2.51 bits per heavy atom. The zero-order chi connectivity index (χ0) is 33.3. The van der Waals surface area contributed by atoms with Gasteiger partial charge in [0.25, 0.3) is 5.56 Å². The average molecular weight is 643 g/mol. The van der Waals surface area contributed by atoms with Crippen LogP contribution in [-0.2, 0) is 16.1 Å². The number of hydrogen-bond acceptors (Lipinski definition) is 8. The van der Waals surface area contributed by atoms with Gasteiger partial charge in [0.15, 0.2) is 0 Å². The molecule has 0 radical (unpaired) electrons. The predicted molar refractivity (Wildman–Crippen MR) is 178 cm³/mol. The van der Waals surface area contributed by atoms with Gasteiger partial charge in [-0.3, -0.25) is 14.4 Å². The maximum Gasteiger partial charge on any atom is 0.329 e. The van der Waals surface area contributed by atoms with Crippen LogP contribution in [0, 0.1) is 6.92 Å². The molecule has 0 saturated carbocycles. The summed E-state index contributed by atoms with van der Waals surface area (Å²) in [6.45, 7) is 4.41. The molecule has 0 unspecified atom stereocenters. The summed E-state index contributed by atoms with van der Waals surface area (Å²) in [6, 6.07) is 17.9. The molecule has 0 aliphatic heterocycles. The highest BCUT2D eigenvalue weighted by Gasteiger charge is 2.23. The number of rotatable bonds is 17. The van der Waals surface area contributed by atoms with Crippen molar-refractivity contribution < 1.29 is 29.3 Å². The fraction of sp³-hybridized carbons (Fsp3) is 0.314. The fourth-order valence-electron chi connectivity index (χ4n) is 5.66. The van der Waals surface area contributed by atoms with E-state index in [-0.39, 0.29) is 28.9 Å². The Bertz CT molecular complexity index is 1990. The number of aromatic nitrogens is 3. The van der Waals surface area contributed by atoms with Crippen LogP contribution in [0.25, 0.3) is 27.5 Å². The molecule has 0 bridgehead atoms. The Balaban J connectivity index is 1.29. The number of fused-ring (bicyclic) bond motifs is 2. The van der Waals surface area contributed by atoms with Gasteiger partial charge in [0.2, 0.25) is 5.78 Å². The number of carbonyl (C=O) groups is 2. The number of hydrogen-bond donors (Lipinski definition) is 4. The minimum Gasteiger partial charge on any atom is -0.494 e. The normalized spacial score (nSPS) is 11.4. The monoisotopic (exact) mass is 642 g/mol. The van der Waals surface area contributed by atoms with Crippen LogP contribution in [0.4, 0.5) is 0 Å². The molecule has 0 aliphatic rings. The molecule has 3 heterocycles. The van der Waals surface area contributed by atoms with Crippen LogP contribution in [0.1, 0.15) is 40.9 Å². The number of aliphatic hydroxyl groups is 1. The van der Waals surface area contributed by atoms with Crippen LogP contribution in [0.2, 0.25) is 0 Å². The number of ether oxygens (including phenoxy) is 2. The first-order chi connectivity index (χ1) is 22.8. The first-order valence-electron chi connectivity index (χ1n) is 15.6. The standard InChI is InChI=1S/C35H38N4O8/c1-23-31(24-8-11-26(12-9-24)47-18-6-2-4-14-36-15-19-46-20-17-40)29-7-3-5-16-38(29)32(23)33(43)25-10-13-27-28(21-25)37-35(45)39(34(27)44)22-30(41)42/h3,5,7-13,16,21,36,40H,2,4,6,14-15,17-20,22H2,1H3,(H,37,45)(H,41,42). The van der Waals surface area contributed by atoms with Crippen LogP contribution in [0.3, 0.4) is 0 Å². The molecule has 0 amide bonds. The molecule has 0 aliphatic carbocycles. The van der Waals surface area contributed by atoms with Gasteiger partial charge in [-0.15, -0.1) is 0 Å². The number of aliphatic hydroxyl groups excluding tert-OH is 1. The molecular weight excluding hydrogens is 604 g/mol. The SMILES string of the molecule is Cc1c(-c2ccc(OCCCCCNCCOCCO)cc2)c2ccccn2c1C(=O)c1ccc2c(=O)n(CC(=O)O)c(=O)[nH]c2c1. The lowest BCUT2D eigenvalue weighted by Crippen LogP contribution is -2.37. The summed E-state index contributed by atoms with van der Waals surface area (Å²) in [7, 11) is 0. The van der Waals surface area contributed by atoms with E-state index in [0.717, 1.165) is 60.3 Å². The topological polar surface area (TPSA) is 164 Å². The number of carbonyl (C=O) groups excluding carboxylic acids is 1. The van der Waals surface area contributed by atoms with E-state index in [1.54, 1.807) is 0 Å². The Kier molecular flexibility index (Phi) is 11.0. The minimum absolute atomic E-state index is 0.0418. The lowest BCUT2D eigenvalue weighted by Gasteiger charge is -2.09. The molecule has 3 aromatic heterocycles. The van der Waals surface area contributed by atoms with Gasteiger partial charge in [-0.05, 0) is 80.3 Å². The number of aromatic amines is 1. The van der Waals surface area contributed by atoms with Crippen molar-refractivity contribution in [1.82, 2.24) is 19.3 Å². The van der Waals surface area contributed by atoms with Crippen LogP contribution < -0.4 is 21.3 Å². The second-order valence-electron chi connectivity index (χ2n) is 11.1. The number of nitrogens with one attached hydrogen (secondary N) is 2. The van der Waals surface area contributed by atoms with Gasteiger partial charge in [-0.2, -0.15) is 0 Å². The Labute approximate surface area is 270 Å². The van der Waals surface area contributed by atoms with Gasteiger partial charge < -0.3 is 34.4 Å². The van der Waals surface area contributed by atoms with Crippen molar-refractivity contribution >= 4 is 28.2 Å². The first kappa shape index (κ1) is 33.3. The molecule has 12 heteroatoms. The molecule has 47 heavy (non-hydrogen) atoms. The molecule has 0 atom stereocenters. The van der Waals surface area contributed by atoms with Gasteiger partial charge in [-0.25, -0.2) is 9.36 Å². The molecular formula is C35H38N4O8. The summed E-state index contributed by atoms with van der Waals surface area (Å²) < 4.78 is 13.6. The lowest BCUT2D eigenvalue weighted by atomic mass is 9.98. The Morgan fingerprint density at radius 2 is 1.74 bits per heavy atom. The highest BCUT2D eigenvalue weighted by atomic mass is 16.5. The number of nitrogens with zero attached hydrogens (tertiary/aromatic N) is 2. The van der Waals surface area contributed by atoms with Gasteiger partial charge in [-0.1, -0.05) is 24.3 Å². The number of ketones is 1. The van der Waals surface area contributed by atoms with Crippen molar-refractivity contribution in [3.8, 4) is 16.9 Å². The molecule has 5 rings (SSSR count). The van der Waals surface area contributed by atoms with E-state index in [2.05, 4.69) is 10.3 Å².